The molecule has 1 heterocycles. The van der Waals surface area contributed by atoms with Crippen LogP contribution in [-0.2, 0) is 6.54 Å². The minimum absolute atomic E-state index is 0.689. The number of rotatable bonds is 4. The Labute approximate surface area is 125 Å². The standard InChI is InChI=1S/C13H13ClIN3/c14-10-1-4-13(18-8-11(15)7-17-18)9(5-10)6-16-12-2-3-12/h1,4-5,7-8,12,16H,2-3,6H2. The van der Waals surface area contributed by atoms with Crippen molar-refractivity contribution in [1.29, 1.82) is 0 Å². The molecule has 1 fully saturated rings. The van der Waals surface area contributed by atoms with E-state index in [0.29, 0.717) is 6.04 Å². The molecule has 0 aliphatic heterocycles. The SMILES string of the molecule is Clc1ccc(-n2cc(I)cn2)c(CNC2CC2)c1. The maximum atomic E-state index is 6.08. The van der Waals surface area contributed by atoms with Gasteiger partial charge in [-0.05, 0) is 59.2 Å². The average Bonchev–Trinajstić information content (AvgIpc) is 3.08. The van der Waals surface area contributed by atoms with Gasteiger partial charge in [-0.2, -0.15) is 5.10 Å². The van der Waals surface area contributed by atoms with E-state index < -0.39 is 0 Å². The van der Waals surface area contributed by atoms with E-state index in [2.05, 4.69) is 33.0 Å². The second-order valence-corrected chi connectivity index (χ2v) is 6.21. The van der Waals surface area contributed by atoms with Crippen molar-refractivity contribution < 1.29 is 0 Å². The Morgan fingerprint density at radius 1 is 1.44 bits per heavy atom. The van der Waals surface area contributed by atoms with E-state index in [1.165, 1.54) is 18.4 Å². The van der Waals surface area contributed by atoms with Crippen LogP contribution in [0.4, 0.5) is 0 Å². The zero-order valence-electron chi connectivity index (χ0n) is 9.74. The van der Waals surface area contributed by atoms with Crippen LogP contribution in [0.15, 0.2) is 30.6 Å². The molecule has 0 bridgehead atoms. The van der Waals surface area contributed by atoms with E-state index in [9.17, 15) is 0 Å². The van der Waals surface area contributed by atoms with Gasteiger partial charge in [-0.15, -0.1) is 0 Å². The lowest BCUT2D eigenvalue weighted by Crippen LogP contribution is -2.17. The normalized spacial score (nSPS) is 15.0. The van der Waals surface area contributed by atoms with Gasteiger partial charge in [-0.1, -0.05) is 11.6 Å². The van der Waals surface area contributed by atoms with Crippen LogP contribution in [0.1, 0.15) is 18.4 Å². The summed E-state index contributed by atoms with van der Waals surface area (Å²) in [6.07, 6.45) is 6.45. The first-order valence-electron chi connectivity index (χ1n) is 5.95. The van der Waals surface area contributed by atoms with Crippen LogP contribution in [0.2, 0.25) is 5.02 Å². The summed E-state index contributed by atoms with van der Waals surface area (Å²) in [6.45, 7) is 0.844. The third-order valence-corrected chi connectivity index (χ3v) is 3.79. The molecule has 94 valence electrons. The molecule has 1 aromatic heterocycles. The summed E-state index contributed by atoms with van der Waals surface area (Å²) >= 11 is 8.34. The zero-order chi connectivity index (χ0) is 12.5. The summed E-state index contributed by atoms with van der Waals surface area (Å²) < 4.78 is 3.03. The van der Waals surface area contributed by atoms with E-state index in [1.807, 2.05) is 35.3 Å². The van der Waals surface area contributed by atoms with E-state index in [-0.39, 0.29) is 0 Å². The van der Waals surface area contributed by atoms with Crippen LogP contribution in [-0.4, -0.2) is 15.8 Å². The lowest BCUT2D eigenvalue weighted by molar-refractivity contribution is 0.681. The van der Waals surface area contributed by atoms with E-state index in [0.717, 1.165) is 20.8 Å². The Kier molecular flexibility index (Phi) is 3.59. The number of halogens is 2. The fourth-order valence-electron chi connectivity index (χ4n) is 1.89. The van der Waals surface area contributed by atoms with Crippen LogP contribution in [0.25, 0.3) is 5.69 Å². The second-order valence-electron chi connectivity index (χ2n) is 4.53. The lowest BCUT2D eigenvalue weighted by atomic mass is 10.1. The number of aromatic nitrogens is 2. The number of hydrogen-bond donors (Lipinski definition) is 1. The van der Waals surface area contributed by atoms with Crippen molar-refractivity contribution >= 4 is 34.2 Å². The van der Waals surface area contributed by atoms with Crippen LogP contribution >= 0.6 is 34.2 Å². The van der Waals surface area contributed by atoms with E-state index >= 15 is 0 Å². The van der Waals surface area contributed by atoms with Crippen molar-refractivity contribution in [2.75, 3.05) is 0 Å². The maximum absolute atomic E-state index is 6.08. The monoisotopic (exact) mass is 373 g/mol. The van der Waals surface area contributed by atoms with Gasteiger partial charge >= 0.3 is 0 Å². The van der Waals surface area contributed by atoms with E-state index in [1.54, 1.807) is 0 Å². The number of benzene rings is 1. The molecule has 0 amide bonds. The highest BCUT2D eigenvalue weighted by Crippen LogP contribution is 2.23. The Hall–Kier alpha value is -0.590. The fraction of sp³-hybridized carbons (Fsp3) is 0.308. The van der Waals surface area contributed by atoms with Gasteiger partial charge in [0.25, 0.3) is 0 Å². The Bertz CT molecular complexity index is 563. The molecule has 1 saturated carbocycles. The quantitative estimate of drug-likeness (QED) is 0.833. The van der Waals surface area contributed by atoms with E-state index in [4.69, 9.17) is 11.6 Å². The molecule has 0 saturated heterocycles. The molecule has 1 aliphatic carbocycles. The zero-order valence-corrected chi connectivity index (χ0v) is 12.6. The molecule has 3 nitrogen and oxygen atoms in total. The first kappa shape index (κ1) is 12.4. The van der Waals surface area contributed by atoms with Gasteiger partial charge in [0, 0.05) is 23.8 Å². The molecule has 1 aliphatic rings. The number of nitrogens with zero attached hydrogens (tertiary/aromatic N) is 2. The minimum atomic E-state index is 0.689. The molecule has 2 aromatic rings. The molecule has 0 atom stereocenters. The Morgan fingerprint density at radius 3 is 2.94 bits per heavy atom. The fourth-order valence-corrected chi connectivity index (χ4v) is 2.48. The molecule has 0 unspecified atom stereocenters. The Morgan fingerprint density at radius 2 is 2.28 bits per heavy atom. The third-order valence-electron chi connectivity index (χ3n) is 3.00. The summed E-state index contributed by atoms with van der Waals surface area (Å²) in [6, 6.07) is 6.64. The van der Waals surface area contributed by atoms with Crippen molar-refractivity contribution in [2.45, 2.75) is 25.4 Å². The van der Waals surface area contributed by atoms with Gasteiger partial charge < -0.3 is 5.32 Å². The lowest BCUT2D eigenvalue weighted by Gasteiger charge is -2.11. The number of nitrogens with one attached hydrogen (secondary N) is 1. The highest BCUT2D eigenvalue weighted by molar-refractivity contribution is 14.1. The molecule has 1 aromatic carbocycles. The van der Waals surface area contributed by atoms with Crippen LogP contribution in [0.3, 0.4) is 0 Å². The van der Waals surface area contributed by atoms with Gasteiger partial charge in [0.15, 0.2) is 0 Å². The first-order chi connectivity index (χ1) is 8.72. The summed E-state index contributed by atoms with van der Waals surface area (Å²) in [5, 5.41) is 8.64. The van der Waals surface area contributed by atoms with Gasteiger partial charge in [-0.25, -0.2) is 4.68 Å². The Balaban J connectivity index is 1.91. The maximum Gasteiger partial charge on any atom is 0.0691 e. The largest absolute Gasteiger partial charge is 0.310 e. The van der Waals surface area contributed by atoms with Gasteiger partial charge in [0.1, 0.15) is 0 Å². The molecule has 0 spiro atoms. The average molecular weight is 374 g/mol. The predicted octanol–water partition coefficient (Wildman–Crippen LogP) is 3.38. The highest BCUT2D eigenvalue weighted by Gasteiger charge is 2.20. The van der Waals surface area contributed by atoms with Crippen molar-refractivity contribution in [3.05, 3.63) is 44.7 Å². The van der Waals surface area contributed by atoms with Gasteiger partial charge in [0.05, 0.1) is 15.5 Å². The molecule has 3 rings (SSSR count). The predicted molar refractivity (Wildman–Crippen MR) is 81.2 cm³/mol. The molecule has 0 radical (unpaired) electrons. The molecular weight excluding hydrogens is 361 g/mol. The summed E-state index contributed by atoms with van der Waals surface area (Å²) in [5.41, 5.74) is 2.28. The van der Waals surface area contributed by atoms with Crippen molar-refractivity contribution in [3.8, 4) is 5.69 Å². The summed E-state index contributed by atoms with van der Waals surface area (Å²) in [5.74, 6) is 0. The third kappa shape index (κ3) is 2.87. The van der Waals surface area contributed by atoms with Crippen molar-refractivity contribution in [1.82, 2.24) is 15.1 Å². The van der Waals surface area contributed by atoms with Crippen LogP contribution in [0, 0.1) is 3.57 Å². The summed E-state index contributed by atoms with van der Waals surface area (Å²) in [4.78, 5) is 0. The first-order valence-corrected chi connectivity index (χ1v) is 7.40. The minimum Gasteiger partial charge on any atom is -0.310 e. The molecule has 18 heavy (non-hydrogen) atoms. The second kappa shape index (κ2) is 5.19. The topological polar surface area (TPSA) is 29.9 Å². The smallest absolute Gasteiger partial charge is 0.0691 e. The molecule has 5 heteroatoms. The molecule has 1 N–H and O–H groups in total. The molecular formula is C13H13ClIN3. The number of hydrogen-bond acceptors (Lipinski definition) is 2. The summed E-state index contributed by atoms with van der Waals surface area (Å²) in [7, 11) is 0. The van der Waals surface area contributed by atoms with Crippen molar-refractivity contribution in [3.63, 3.8) is 0 Å². The van der Waals surface area contributed by atoms with Gasteiger partial charge in [0.2, 0.25) is 0 Å². The van der Waals surface area contributed by atoms with Crippen LogP contribution < -0.4 is 5.32 Å². The highest BCUT2D eigenvalue weighted by atomic mass is 127. The van der Waals surface area contributed by atoms with Crippen LogP contribution in [0.5, 0.6) is 0 Å². The van der Waals surface area contributed by atoms with Crippen molar-refractivity contribution in [2.24, 2.45) is 0 Å². The van der Waals surface area contributed by atoms with Gasteiger partial charge in [-0.3, -0.25) is 0 Å².